The van der Waals surface area contributed by atoms with Crippen LogP contribution >= 0.6 is 11.3 Å². The van der Waals surface area contributed by atoms with Crippen LogP contribution < -0.4 is 14.4 Å². The molecule has 0 aliphatic carbocycles. The highest BCUT2D eigenvalue weighted by atomic mass is 32.1. The average Bonchev–Trinajstić information content (AvgIpc) is 3.16. The molecule has 0 unspecified atom stereocenters. The summed E-state index contributed by atoms with van der Waals surface area (Å²) in [6.07, 6.45) is 0.965. The fourth-order valence-corrected chi connectivity index (χ4v) is 4.74. The van der Waals surface area contributed by atoms with Gasteiger partial charge >= 0.3 is 0 Å². The second kappa shape index (κ2) is 5.91. The van der Waals surface area contributed by atoms with E-state index < -0.39 is 0 Å². The molecular weight excluding hydrogens is 336 g/mol. The molecule has 0 spiro atoms. The van der Waals surface area contributed by atoms with Gasteiger partial charge in [-0.2, -0.15) is 5.10 Å². The summed E-state index contributed by atoms with van der Waals surface area (Å²) in [5, 5.41) is 5.50. The molecule has 0 radical (unpaired) electrons. The molecular formula is C18H22N4O2S. The molecule has 1 aliphatic rings. The normalized spacial score (nSPS) is 17.0. The smallest absolute Gasteiger partial charge is 0.188 e. The predicted octanol–water partition coefficient (Wildman–Crippen LogP) is 3.48. The van der Waals surface area contributed by atoms with E-state index in [-0.39, 0.29) is 6.04 Å². The SMILES string of the molecule is COc1cc2c(cc1OC)[C@@H](C)N(c1nc3c(s1)c(C)nn3C)CC2. The van der Waals surface area contributed by atoms with Crippen molar-refractivity contribution in [1.82, 2.24) is 14.8 Å². The maximum absolute atomic E-state index is 5.49. The highest BCUT2D eigenvalue weighted by molar-refractivity contribution is 7.22. The van der Waals surface area contributed by atoms with Crippen molar-refractivity contribution in [3.8, 4) is 11.5 Å². The Hall–Kier alpha value is -2.28. The third kappa shape index (κ3) is 2.45. The Morgan fingerprint density at radius 1 is 1.20 bits per heavy atom. The minimum Gasteiger partial charge on any atom is -0.493 e. The maximum atomic E-state index is 5.49. The molecule has 6 nitrogen and oxygen atoms in total. The van der Waals surface area contributed by atoms with Crippen molar-refractivity contribution in [2.45, 2.75) is 26.3 Å². The monoisotopic (exact) mass is 358 g/mol. The zero-order chi connectivity index (χ0) is 17.7. The topological polar surface area (TPSA) is 52.4 Å². The van der Waals surface area contributed by atoms with Gasteiger partial charge in [0.05, 0.1) is 30.7 Å². The van der Waals surface area contributed by atoms with Crippen LogP contribution in [0.4, 0.5) is 5.13 Å². The van der Waals surface area contributed by atoms with Gasteiger partial charge in [0.25, 0.3) is 0 Å². The van der Waals surface area contributed by atoms with E-state index in [1.54, 1.807) is 25.6 Å². The summed E-state index contributed by atoms with van der Waals surface area (Å²) < 4.78 is 14.0. The van der Waals surface area contributed by atoms with Crippen LogP contribution in [0.3, 0.4) is 0 Å². The van der Waals surface area contributed by atoms with E-state index in [1.807, 2.05) is 18.7 Å². The number of methoxy groups -OCH3 is 2. The van der Waals surface area contributed by atoms with E-state index in [1.165, 1.54) is 15.8 Å². The Morgan fingerprint density at radius 2 is 1.92 bits per heavy atom. The largest absolute Gasteiger partial charge is 0.493 e. The molecule has 0 N–H and O–H groups in total. The zero-order valence-corrected chi connectivity index (χ0v) is 16.0. The van der Waals surface area contributed by atoms with Gasteiger partial charge < -0.3 is 14.4 Å². The highest BCUT2D eigenvalue weighted by Crippen LogP contribution is 2.41. The molecule has 1 aromatic carbocycles. The van der Waals surface area contributed by atoms with E-state index in [9.17, 15) is 0 Å². The molecule has 0 saturated carbocycles. The van der Waals surface area contributed by atoms with Crippen molar-refractivity contribution in [3.05, 3.63) is 29.0 Å². The zero-order valence-electron chi connectivity index (χ0n) is 15.2. The number of rotatable bonds is 3. The van der Waals surface area contributed by atoms with Crippen molar-refractivity contribution in [1.29, 1.82) is 0 Å². The summed E-state index contributed by atoms with van der Waals surface area (Å²) in [4.78, 5) is 7.22. The lowest BCUT2D eigenvalue weighted by atomic mass is 9.93. The van der Waals surface area contributed by atoms with E-state index in [4.69, 9.17) is 14.5 Å². The number of ether oxygens (including phenoxy) is 2. The number of thiazole rings is 1. The second-order valence-electron chi connectivity index (χ2n) is 6.38. The Labute approximate surface area is 151 Å². The summed E-state index contributed by atoms with van der Waals surface area (Å²) >= 11 is 1.72. The maximum Gasteiger partial charge on any atom is 0.188 e. The molecule has 3 aromatic rings. The molecule has 0 fully saturated rings. The summed E-state index contributed by atoms with van der Waals surface area (Å²) in [7, 11) is 5.31. The first kappa shape index (κ1) is 16.2. The minimum atomic E-state index is 0.234. The Balaban J connectivity index is 1.75. The minimum absolute atomic E-state index is 0.234. The van der Waals surface area contributed by atoms with Crippen LogP contribution in [-0.4, -0.2) is 35.5 Å². The van der Waals surface area contributed by atoms with Crippen LogP contribution in [-0.2, 0) is 13.5 Å². The van der Waals surface area contributed by atoms with E-state index in [2.05, 4.69) is 29.1 Å². The molecule has 2 aromatic heterocycles. The number of nitrogens with zero attached hydrogens (tertiary/aromatic N) is 4. The summed E-state index contributed by atoms with van der Waals surface area (Å²) in [5.74, 6) is 1.57. The summed E-state index contributed by atoms with van der Waals surface area (Å²) in [5.41, 5.74) is 4.60. The van der Waals surface area contributed by atoms with Crippen LogP contribution in [0.15, 0.2) is 12.1 Å². The van der Waals surface area contributed by atoms with E-state index in [0.29, 0.717) is 0 Å². The molecule has 7 heteroatoms. The standard InChI is InChI=1S/C18H22N4O2S/c1-10-16-17(21(3)20-10)19-18(25-16)22-7-6-12-8-14(23-4)15(24-5)9-13(12)11(22)2/h8-9,11H,6-7H2,1-5H3/t11-/m1/s1. The van der Waals surface area contributed by atoms with Crippen molar-refractivity contribution in [2.75, 3.05) is 25.7 Å². The van der Waals surface area contributed by atoms with Gasteiger partial charge in [-0.15, -0.1) is 0 Å². The Kier molecular flexibility index (Phi) is 3.83. The number of benzene rings is 1. The van der Waals surface area contributed by atoms with E-state index >= 15 is 0 Å². The summed E-state index contributed by atoms with van der Waals surface area (Å²) in [6, 6.07) is 4.44. The average molecular weight is 358 g/mol. The molecule has 4 rings (SSSR count). The first-order valence-electron chi connectivity index (χ1n) is 8.35. The van der Waals surface area contributed by atoms with Gasteiger partial charge in [-0.3, -0.25) is 0 Å². The van der Waals surface area contributed by atoms with Crippen LogP contribution in [0.5, 0.6) is 11.5 Å². The molecule has 25 heavy (non-hydrogen) atoms. The number of aromatic nitrogens is 3. The van der Waals surface area contributed by atoms with Crippen LogP contribution in [0.25, 0.3) is 10.3 Å². The Morgan fingerprint density at radius 3 is 2.60 bits per heavy atom. The van der Waals surface area contributed by atoms with Crippen molar-refractivity contribution >= 4 is 26.8 Å². The molecule has 0 bridgehead atoms. The van der Waals surface area contributed by atoms with Crippen LogP contribution in [0.2, 0.25) is 0 Å². The second-order valence-corrected chi connectivity index (χ2v) is 7.36. The van der Waals surface area contributed by atoms with Crippen molar-refractivity contribution in [3.63, 3.8) is 0 Å². The molecule has 132 valence electrons. The van der Waals surface area contributed by atoms with Gasteiger partial charge in [0.1, 0.15) is 0 Å². The van der Waals surface area contributed by atoms with Gasteiger partial charge in [0, 0.05) is 13.6 Å². The first-order chi connectivity index (χ1) is 12.0. The van der Waals surface area contributed by atoms with Crippen molar-refractivity contribution in [2.24, 2.45) is 7.05 Å². The quantitative estimate of drug-likeness (QED) is 0.717. The van der Waals surface area contributed by atoms with Gasteiger partial charge in [0.2, 0.25) is 0 Å². The van der Waals surface area contributed by atoms with Gasteiger partial charge in [-0.1, -0.05) is 11.3 Å². The Bertz CT molecular complexity index is 912. The number of aryl methyl sites for hydroxylation is 2. The molecule has 3 heterocycles. The predicted molar refractivity (Wildman–Crippen MR) is 100 cm³/mol. The number of hydrogen-bond donors (Lipinski definition) is 0. The molecule has 0 amide bonds. The first-order valence-corrected chi connectivity index (χ1v) is 9.16. The fraction of sp³-hybridized carbons (Fsp3) is 0.444. The third-order valence-corrected chi connectivity index (χ3v) is 6.15. The summed E-state index contributed by atoms with van der Waals surface area (Å²) in [6.45, 7) is 5.20. The van der Waals surface area contributed by atoms with Gasteiger partial charge in [-0.05, 0) is 43.5 Å². The van der Waals surface area contributed by atoms with Crippen LogP contribution in [0, 0.1) is 6.92 Å². The van der Waals surface area contributed by atoms with Gasteiger partial charge in [-0.25, -0.2) is 9.67 Å². The molecule has 1 aliphatic heterocycles. The number of fused-ring (bicyclic) bond motifs is 2. The molecule has 0 saturated heterocycles. The lowest BCUT2D eigenvalue weighted by molar-refractivity contribution is 0.353. The third-order valence-electron chi connectivity index (χ3n) is 4.96. The lowest BCUT2D eigenvalue weighted by Crippen LogP contribution is -2.33. The fourth-order valence-electron chi connectivity index (χ4n) is 3.60. The number of hydrogen-bond acceptors (Lipinski definition) is 6. The number of anilines is 1. The lowest BCUT2D eigenvalue weighted by Gasteiger charge is -2.35. The molecule has 1 atom stereocenters. The van der Waals surface area contributed by atoms with Crippen molar-refractivity contribution < 1.29 is 9.47 Å². The van der Waals surface area contributed by atoms with E-state index in [0.717, 1.165) is 40.9 Å². The van der Waals surface area contributed by atoms with Crippen LogP contribution in [0.1, 0.15) is 29.8 Å². The van der Waals surface area contributed by atoms with Gasteiger partial charge in [0.15, 0.2) is 22.3 Å². The highest BCUT2D eigenvalue weighted by Gasteiger charge is 2.28.